The summed E-state index contributed by atoms with van der Waals surface area (Å²) < 4.78 is 0. The van der Waals surface area contributed by atoms with E-state index < -0.39 is 0 Å². The number of H-pyrrole nitrogens is 1. The summed E-state index contributed by atoms with van der Waals surface area (Å²) in [6.07, 6.45) is 6.34. The third kappa shape index (κ3) is 2.43. The van der Waals surface area contributed by atoms with E-state index in [1.165, 1.54) is 32.1 Å². The van der Waals surface area contributed by atoms with E-state index >= 15 is 0 Å². The molecule has 2 aliphatic carbocycles. The summed E-state index contributed by atoms with van der Waals surface area (Å²) in [5, 5.41) is 7.34. The number of nitrogens with zero attached hydrogens (tertiary/aromatic N) is 3. The minimum Gasteiger partial charge on any atom is -0.338 e. The fourth-order valence-corrected chi connectivity index (χ4v) is 4.29. The molecule has 1 saturated heterocycles. The lowest BCUT2D eigenvalue weighted by Crippen LogP contribution is -2.29. The molecule has 2 atom stereocenters. The Morgan fingerprint density at radius 2 is 1.75 bits per heavy atom. The van der Waals surface area contributed by atoms with E-state index in [4.69, 9.17) is 0 Å². The molecule has 0 unspecified atom stereocenters. The lowest BCUT2D eigenvalue weighted by atomic mass is 10.0. The summed E-state index contributed by atoms with van der Waals surface area (Å²) in [6, 6.07) is 7.76. The number of benzene rings is 1. The van der Waals surface area contributed by atoms with E-state index in [9.17, 15) is 4.79 Å². The van der Waals surface area contributed by atoms with Gasteiger partial charge < -0.3 is 4.90 Å². The van der Waals surface area contributed by atoms with Gasteiger partial charge in [0.15, 0.2) is 5.82 Å². The third-order valence-corrected chi connectivity index (χ3v) is 5.87. The smallest absolute Gasteiger partial charge is 0.253 e. The highest BCUT2D eigenvalue weighted by atomic mass is 16.2. The van der Waals surface area contributed by atoms with Crippen molar-refractivity contribution >= 4 is 5.91 Å². The van der Waals surface area contributed by atoms with E-state index in [0.29, 0.717) is 5.92 Å². The van der Waals surface area contributed by atoms with E-state index in [0.717, 1.165) is 47.7 Å². The van der Waals surface area contributed by atoms with Crippen LogP contribution in [0.4, 0.5) is 0 Å². The second-order valence-corrected chi connectivity index (χ2v) is 7.56. The number of aromatic nitrogens is 3. The highest BCUT2D eigenvalue weighted by Gasteiger charge is 2.38. The van der Waals surface area contributed by atoms with Crippen LogP contribution in [0.2, 0.25) is 0 Å². The molecule has 0 spiro atoms. The number of amides is 1. The van der Waals surface area contributed by atoms with Crippen molar-refractivity contribution in [2.75, 3.05) is 13.1 Å². The van der Waals surface area contributed by atoms with Crippen molar-refractivity contribution in [1.29, 1.82) is 0 Å². The van der Waals surface area contributed by atoms with Crippen molar-refractivity contribution in [3.63, 3.8) is 0 Å². The van der Waals surface area contributed by atoms with Crippen molar-refractivity contribution in [2.24, 2.45) is 11.8 Å². The summed E-state index contributed by atoms with van der Waals surface area (Å²) >= 11 is 0. The van der Waals surface area contributed by atoms with Gasteiger partial charge in [-0.1, -0.05) is 18.6 Å². The summed E-state index contributed by atoms with van der Waals surface area (Å²) in [5.74, 6) is 3.94. The first kappa shape index (κ1) is 14.2. The average Bonchev–Trinajstić information content (AvgIpc) is 3.01. The van der Waals surface area contributed by atoms with Crippen LogP contribution >= 0.6 is 0 Å². The number of rotatable bonds is 3. The highest BCUT2D eigenvalue weighted by molar-refractivity contribution is 5.94. The van der Waals surface area contributed by atoms with Gasteiger partial charge in [0.2, 0.25) is 0 Å². The second-order valence-electron chi connectivity index (χ2n) is 7.56. The van der Waals surface area contributed by atoms with Gasteiger partial charge >= 0.3 is 0 Å². The van der Waals surface area contributed by atoms with Crippen molar-refractivity contribution < 1.29 is 4.79 Å². The monoisotopic (exact) mass is 322 g/mol. The van der Waals surface area contributed by atoms with Crippen LogP contribution in [0.25, 0.3) is 11.4 Å². The summed E-state index contributed by atoms with van der Waals surface area (Å²) in [4.78, 5) is 19.3. The SMILES string of the molecule is O=C(c1ccc(-c2n[nH]c(C3CC3)n2)cc1)N1C[C@@H]2CCC[C@H]2C1. The van der Waals surface area contributed by atoms with Gasteiger partial charge in [-0.25, -0.2) is 4.98 Å². The Morgan fingerprint density at radius 3 is 2.42 bits per heavy atom. The molecule has 5 rings (SSSR count). The molecular weight excluding hydrogens is 300 g/mol. The van der Waals surface area contributed by atoms with E-state index in [2.05, 4.69) is 15.2 Å². The van der Waals surface area contributed by atoms with Crippen LogP contribution in [0.5, 0.6) is 0 Å². The van der Waals surface area contributed by atoms with E-state index in [1.54, 1.807) is 0 Å². The summed E-state index contributed by atoms with van der Waals surface area (Å²) in [7, 11) is 0. The molecule has 1 aliphatic heterocycles. The van der Waals surface area contributed by atoms with Gasteiger partial charge in [-0.05, 0) is 49.7 Å². The molecule has 5 nitrogen and oxygen atoms in total. The number of hydrogen-bond donors (Lipinski definition) is 1. The molecule has 5 heteroatoms. The summed E-state index contributed by atoms with van der Waals surface area (Å²) in [6.45, 7) is 1.88. The molecule has 24 heavy (non-hydrogen) atoms. The maximum Gasteiger partial charge on any atom is 0.253 e. The topological polar surface area (TPSA) is 61.9 Å². The molecule has 0 bridgehead atoms. The number of carbonyl (C=O) groups is 1. The van der Waals surface area contributed by atoms with Crippen LogP contribution in [0.15, 0.2) is 24.3 Å². The Bertz CT molecular complexity index is 750. The molecule has 3 aliphatic rings. The maximum atomic E-state index is 12.7. The number of fused-ring (bicyclic) bond motifs is 1. The zero-order chi connectivity index (χ0) is 16.1. The average molecular weight is 322 g/mol. The lowest BCUT2D eigenvalue weighted by Gasteiger charge is -2.17. The third-order valence-electron chi connectivity index (χ3n) is 5.87. The Kier molecular flexibility index (Phi) is 3.21. The quantitative estimate of drug-likeness (QED) is 0.944. The predicted molar refractivity (Wildman–Crippen MR) is 90.5 cm³/mol. The number of carbonyl (C=O) groups excluding carboxylic acids is 1. The number of likely N-dealkylation sites (tertiary alicyclic amines) is 1. The normalized spacial score (nSPS) is 25.9. The summed E-state index contributed by atoms with van der Waals surface area (Å²) in [5.41, 5.74) is 1.74. The molecule has 1 aromatic heterocycles. The number of hydrogen-bond acceptors (Lipinski definition) is 3. The molecule has 2 aromatic rings. The molecule has 1 aromatic carbocycles. The van der Waals surface area contributed by atoms with Gasteiger partial charge in [-0.3, -0.25) is 9.89 Å². The molecule has 0 radical (unpaired) electrons. The lowest BCUT2D eigenvalue weighted by molar-refractivity contribution is 0.0780. The van der Waals surface area contributed by atoms with Gasteiger partial charge in [0, 0.05) is 30.1 Å². The van der Waals surface area contributed by atoms with E-state index in [1.807, 2.05) is 29.2 Å². The zero-order valence-corrected chi connectivity index (χ0v) is 13.7. The van der Waals surface area contributed by atoms with Crippen LogP contribution in [-0.2, 0) is 0 Å². The Balaban J connectivity index is 1.31. The molecule has 3 fully saturated rings. The number of nitrogens with one attached hydrogen (secondary N) is 1. The minimum absolute atomic E-state index is 0.171. The largest absolute Gasteiger partial charge is 0.338 e. The molecule has 2 heterocycles. The van der Waals surface area contributed by atoms with E-state index in [-0.39, 0.29) is 5.91 Å². The van der Waals surface area contributed by atoms with Gasteiger partial charge in [0.25, 0.3) is 5.91 Å². The van der Waals surface area contributed by atoms with Gasteiger partial charge in [0.1, 0.15) is 5.82 Å². The van der Waals surface area contributed by atoms with Crippen molar-refractivity contribution in [3.05, 3.63) is 35.7 Å². The molecule has 1 N–H and O–H groups in total. The predicted octanol–water partition coefficient (Wildman–Crippen LogP) is 3.22. The first-order chi connectivity index (χ1) is 11.8. The van der Waals surface area contributed by atoms with Gasteiger partial charge in [-0.15, -0.1) is 0 Å². The van der Waals surface area contributed by atoms with Crippen LogP contribution in [0.3, 0.4) is 0 Å². The van der Waals surface area contributed by atoms with Gasteiger partial charge in [0.05, 0.1) is 0 Å². The van der Waals surface area contributed by atoms with Crippen LogP contribution < -0.4 is 0 Å². The molecule has 124 valence electrons. The number of aromatic amines is 1. The van der Waals surface area contributed by atoms with Crippen molar-refractivity contribution in [1.82, 2.24) is 20.1 Å². The Hall–Kier alpha value is -2.17. The maximum absolute atomic E-state index is 12.7. The highest BCUT2D eigenvalue weighted by Crippen LogP contribution is 2.39. The first-order valence-corrected chi connectivity index (χ1v) is 9.10. The fraction of sp³-hybridized carbons (Fsp3) is 0.526. The molecular formula is C19H22N4O. The molecule has 2 saturated carbocycles. The Morgan fingerprint density at radius 1 is 1.04 bits per heavy atom. The second kappa shape index (κ2) is 5.43. The van der Waals surface area contributed by atoms with Crippen molar-refractivity contribution in [2.45, 2.75) is 38.0 Å². The van der Waals surface area contributed by atoms with Crippen LogP contribution in [0, 0.1) is 11.8 Å². The van der Waals surface area contributed by atoms with Gasteiger partial charge in [-0.2, -0.15) is 5.10 Å². The Labute approximate surface area is 141 Å². The fourth-order valence-electron chi connectivity index (χ4n) is 4.29. The minimum atomic E-state index is 0.171. The molecule has 1 amide bonds. The van der Waals surface area contributed by atoms with Crippen LogP contribution in [0.1, 0.15) is 54.2 Å². The zero-order valence-electron chi connectivity index (χ0n) is 13.7. The van der Waals surface area contributed by atoms with Crippen LogP contribution in [-0.4, -0.2) is 39.1 Å². The first-order valence-electron chi connectivity index (χ1n) is 9.10. The van der Waals surface area contributed by atoms with Crippen molar-refractivity contribution in [3.8, 4) is 11.4 Å². The standard InChI is InChI=1S/C19H22N4O/c24-19(23-10-15-2-1-3-16(15)11-23)14-8-6-13(7-9-14)18-20-17(21-22-18)12-4-5-12/h6-9,12,15-16H,1-5,10-11H2,(H,20,21,22)/t15-,16-/m0/s1.